The van der Waals surface area contributed by atoms with Gasteiger partial charge >= 0.3 is 0 Å². The van der Waals surface area contributed by atoms with E-state index in [-0.39, 0.29) is 11.8 Å². The first-order valence-corrected chi connectivity index (χ1v) is 14.8. The highest BCUT2D eigenvalue weighted by atomic mass is 79.9. The molecule has 1 aliphatic carbocycles. The van der Waals surface area contributed by atoms with E-state index in [0.717, 1.165) is 88.5 Å². The van der Waals surface area contributed by atoms with E-state index < -0.39 is 0 Å². The van der Waals surface area contributed by atoms with Crippen LogP contribution in [-0.4, -0.2) is 53.0 Å². The molecule has 2 aromatic rings. The van der Waals surface area contributed by atoms with Gasteiger partial charge in [-0.2, -0.15) is 0 Å². The van der Waals surface area contributed by atoms with Crippen LogP contribution in [0.3, 0.4) is 0 Å². The third-order valence-electron chi connectivity index (χ3n) is 7.97. The Labute approximate surface area is 239 Å². The van der Waals surface area contributed by atoms with Crippen LogP contribution in [0.5, 0.6) is 0 Å². The van der Waals surface area contributed by atoms with E-state index in [4.69, 9.17) is 11.6 Å². The fourth-order valence-corrected chi connectivity index (χ4v) is 7.55. The van der Waals surface area contributed by atoms with Gasteiger partial charge in [0.05, 0.1) is 10.0 Å². The summed E-state index contributed by atoms with van der Waals surface area (Å²) >= 11 is 13.7. The Balaban J connectivity index is 1.40. The van der Waals surface area contributed by atoms with Crippen LogP contribution in [0.15, 0.2) is 38.9 Å². The average molecular weight is 653 g/mol. The molecule has 0 spiro atoms. The molecule has 1 aromatic carbocycles. The molecule has 1 aromatic heterocycles. The molecular formula is C28H31Br2ClN3O3+. The Hall–Kier alpha value is -1.90. The van der Waals surface area contributed by atoms with Crippen molar-refractivity contribution in [2.45, 2.75) is 51.9 Å². The number of rotatable bonds is 2. The largest absolute Gasteiger partial charge is 0.343 e. The van der Waals surface area contributed by atoms with Crippen molar-refractivity contribution in [3.05, 3.63) is 66.3 Å². The van der Waals surface area contributed by atoms with E-state index in [2.05, 4.69) is 37.9 Å². The fraction of sp³-hybridized carbons (Fsp3) is 0.464. The lowest BCUT2D eigenvalue weighted by atomic mass is 9.88. The fourth-order valence-electron chi connectivity index (χ4n) is 6.01. The van der Waals surface area contributed by atoms with Gasteiger partial charge < -0.3 is 9.80 Å². The first-order valence-electron chi connectivity index (χ1n) is 12.9. The van der Waals surface area contributed by atoms with Crippen LogP contribution in [0, 0.1) is 5.92 Å². The van der Waals surface area contributed by atoms with Crippen LogP contribution in [0.4, 0.5) is 0 Å². The van der Waals surface area contributed by atoms with E-state index in [0.29, 0.717) is 30.5 Å². The van der Waals surface area contributed by atoms with Crippen molar-refractivity contribution in [1.82, 2.24) is 9.80 Å². The van der Waals surface area contributed by atoms with Gasteiger partial charge in [0.1, 0.15) is 0 Å². The Morgan fingerprint density at radius 1 is 1.00 bits per heavy atom. The average Bonchev–Trinajstić information content (AvgIpc) is 3.02. The molecule has 0 bridgehead atoms. The number of hydrogen-bond acceptors (Lipinski definition) is 3. The van der Waals surface area contributed by atoms with Gasteiger partial charge in [0, 0.05) is 64.9 Å². The van der Waals surface area contributed by atoms with Crippen LogP contribution in [-0.2, 0) is 22.4 Å². The number of piperidine rings is 2. The zero-order chi connectivity index (χ0) is 26.3. The summed E-state index contributed by atoms with van der Waals surface area (Å²) < 4.78 is 2.99. The van der Waals surface area contributed by atoms with Crippen molar-refractivity contribution >= 4 is 60.8 Å². The molecule has 2 fully saturated rings. The molecule has 9 heteroatoms. The van der Waals surface area contributed by atoms with Crippen LogP contribution < -0.4 is 4.73 Å². The molecule has 0 atom stereocenters. The third kappa shape index (κ3) is 5.62. The summed E-state index contributed by atoms with van der Waals surface area (Å²) in [6, 6.07) is 6.03. The number of likely N-dealkylation sites (tertiary alicyclic amines) is 2. The maximum Gasteiger partial charge on any atom is 0.268 e. The van der Waals surface area contributed by atoms with Gasteiger partial charge in [-0.05, 0) is 84.1 Å². The Kier molecular flexibility index (Phi) is 7.99. The van der Waals surface area contributed by atoms with Crippen molar-refractivity contribution in [2.75, 3.05) is 26.2 Å². The first kappa shape index (κ1) is 26.7. The van der Waals surface area contributed by atoms with Gasteiger partial charge in [-0.1, -0.05) is 33.1 Å². The SMILES string of the molecule is CC(=O)N1CCC(CC(=O)N2CCC(=C3c4c(Br)cc(Cl)cc4CCc4cc(Br)c[n+](O)c43)CC2)CC1. The molecule has 1 N–H and O–H groups in total. The van der Waals surface area contributed by atoms with Gasteiger partial charge in [0.25, 0.3) is 5.69 Å². The highest BCUT2D eigenvalue weighted by Crippen LogP contribution is 2.42. The van der Waals surface area contributed by atoms with Gasteiger partial charge in [-0.3, -0.25) is 14.8 Å². The summed E-state index contributed by atoms with van der Waals surface area (Å²) in [6.45, 7) is 4.45. The van der Waals surface area contributed by atoms with Crippen LogP contribution >= 0.6 is 43.5 Å². The van der Waals surface area contributed by atoms with Crippen molar-refractivity contribution in [1.29, 1.82) is 0 Å². The molecule has 2 aliphatic heterocycles. The lowest BCUT2D eigenvalue weighted by molar-refractivity contribution is -0.906. The highest BCUT2D eigenvalue weighted by Gasteiger charge is 2.34. The quantitative estimate of drug-likeness (QED) is 0.342. The maximum absolute atomic E-state index is 13.2. The number of hydrogen-bond donors (Lipinski definition) is 1. The molecule has 196 valence electrons. The Morgan fingerprint density at radius 3 is 2.35 bits per heavy atom. The summed E-state index contributed by atoms with van der Waals surface area (Å²) in [6.07, 6.45) is 7.15. The number of aryl methyl sites for hydroxylation is 2. The second kappa shape index (κ2) is 11.1. The summed E-state index contributed by atoms with van der Waals surface area (Å²) in [4.78, 5) is 28.6. The lowest BCUT2D eigenvalue weighted by Crippen LogP contribution is -2.41. The van der Waals surface area contributed by atoms with Crippen molar-refractivity contribution in [3.63, 3.8) is 0 Å². The van der Waals surface area contributed by atoms with Gasteiger partial charge in [0.15, 0.2) is 0 Å². The number of fused-ring (bicyclic) bond motifs is 2. The normalized spacial score (nSPS) is 18.4. The maximum atomic E-state index is 13.2. The minimum atomic E-state index is 0.119. The Morgan fingerprint density at radius 2 is 1.68 bits per heavy atom. The molecule has 2 amide bonds. The van der Waals surface area contributed by atoms with E-state index in [1.54, 1.807) is 13.1 Å². The second-order valence-corrected chi connectivity index (χ2v) is 12.5. The minimum absolute atomic E-state index is 0.119. The van der Waals surface area contributed by atoms with Gasteiger partial charge in [0.2, 0.25) is 18.0 Å². The minimum Gasteiger partial charge on any atom is -0.343 e. The van der Waals surface area contributed by atoms with Crippen molar-refractivity contribution in [2.24, 2.45) is 5.92 Å². The standard InChI is InChI=1S/C28H31Br2ClN3O3/c1-17(35)32-8-4-18(5-9-32)12-25(36)33-10-6-19(7-11-33)27-26-20(14-23(31)15-24(26)30)2-3-21-13-22(29)16-34(37)28(21)27/h13-16,18,37H,2-12H2,1H3/q+1. The first-order chi connectivity index (χ1) is 17.7. The molecule has 3 heterocycles. The van der Waals surface area contributed by atoms with Crippen LogP contribution in [0.2, 0.25) is 5.02 Å². The van der Waals surface area contributed by atoms with Crippen molar-refractivity contribution in [3.8, 4) is 0 Å². The van der Waals surface area contributed by atoms with Gasteiger partial charge in [-0.15, -0.1) is 0 Å². The van der Waals surface area contributed by atoms with E-state index in [1.165, 1.54) is 10.3 Å². The monoisotopic (exact) mass is 650 g/mol. The molecule has 0 unspecified atom stereocenters. The zero-order valence-electron chi connectivity index (χ0n) is 20.9. The number of aromatic nitrogens is 1. The highest BCUT2D eigenvalue weighted by molar-refractivity contribution is 9.10. The molecule has 3 aliphatic rings. The molecule has 6 nitrogen and oxygen atoms in total. The number of amides is 2. The molecule has 5 rings (SSSR count). The van der Waals surface area contributed by atoms with Crippen LogP contribution in [0.1, 0.15) is 61.4 Å². The molecular weight excluding hydrogens is 622 g/mol. The number of carbonyl (C=O) groups excluding carboxylic acids is 2. The van der Waals surface area contributed by atoms with Crippen molar-refractivity contribution < 1.29 is 19.5 Å². The van der Waals surface area contributed by atoms with Gasteiger partial charge in [-0.25, -0.2) is 0 Å². The predicted octanol–water partition coefficient (Wildman–Crippen LogP) is 5.56. The summed E-state index contributed by atoms with van der Waals surface area (Å²) in [5.74, 6) is 0.672. The lowest BCUT2D eigenvalue weighted by Gasteiger charge is -2.34. The Bertz CT molecular complexity index is 1220. The number of nitrogens with zero attached hydrogens (tertiary/aromatic N) is 3. The molecule has 0 saturated carbocycles. The second-order valence-electron chi connectivity index (χ2n) is 10.3. The smallest absolute Gasteiger partial charge is 0.268 e. The number of pyridine rings is 1. The predicted molar refractivity (Wildman–Crippen MR) is 150 cm³/mol. The summed E-state index contributed by atoms with van der Waals surface area (Å²) in [5.41, 5.74) is 6.43. The zero-order valence-corrected chi connectivity index (χ0v) is 24.8. The van der Waals surface area contributed by atoms with Crippen LogP contribution in [0.25, 0.3) is 5.57 Å². The molecule has 37 heavy (non-hydrogen) atoms. The van der Waals surface area contributed by atoms with E-state index >= 15 is 0 Å². The molecule has 2 saturated heterocycles. The van der Waals surface area contributed by atoms with E-state index in [9.17, 15) is 14.8 Å². The van der Waals surface area contributed by atoms with E-state index in [1.807, 2.05) is 21.9 Å². The number of benzene rings is 1. The topological polar surface area (TPSA) is 64.7 Å². The number of halogens is 3. The molecule has 0 radical (unpaired) electrons. The number of carbonyl (C=O) groups is 2. The summed E-state index contributed by atoms with van der Waals surface area (Å²) in [7, 11) is 0. The third-order valence-corrected chi connectivity index (χ3v) is 9.25. The summed E-state index contributed by atoms with van der Waals surface area (Å²) in [5, 5.41) is 11.7.